The third-order valence-corrected chi connectivity index (χ3v) is 0.873. The fraction of sp³-hybridized carbons (Fsp3) is 0.200. The summed E-state index contributed by atoms with van der Waals surface area (Å²) in [6, 6.07) is 0. The number of nitrogens with two attached hydrogens (primary N) is 1. The molecule has 60 valence electrons. The standard InChI is InChI=1S/C5H5F2N3O/c6-4(7)11-3-1-9-5(8)10-2-3/h1-2,4H,(H2,8,9,10). The first-order valence-electron chi connectivity index (χ1n) is 2.71. The van der Waals surface area contributed by atoms with E-state index in [1.165, 1.54) is 0 Å². The Morgan fingerprint density at radius 3 is 2.36 bits per heavy atom. The predicted octanol–water partition coefficient (Wildman–Crippen LogP) is 0.660. The van der Waals surface area contributed by atoms with Crippen LogP contribution in [-0.2, 0) is 0 Å². The molecule has 0 aliphatic carbocycles. The molecule has 0 aliphatic heterocycles. The zero-order valence-corrected chi connectivity index (χ0v) is 5.37. The number of halogens is 2. The largest absolute Gasteiger partial charge is 0.432 e. The quantitative estimate of drug-likeness (QED) is 0.692. The third kappa shape index (κ3) is 2.32. The first kappa shape index (κ1) is 7.64. The minimum atomic E-state index is -2.86. The molecule has 0 bridgehead atoms. The van der Waals surface area contributed by atoms with E-state index in [2.05, 4.69) is 14.7 Å². The first-order chi connectivity index (χ1) is 5.18. The molecule has 0 unspecified atom stereocenters. The zero-order chi connectivity index (χ0) is 8.27. The second kappa shape index (κ2) is 3.09. The van der Waals surface area contributed by atoms with Crippen LogP contribution in [0.4, 0.5) is 14.7 Å². The van der Waals surface area contributed by atoms with Gasteiger partial charge in [0.1, 0.15) is 0 Å². The van der Waals surface area contributed by atoms with Gasteiger partial charge in [-0.15, -0.1) is 0 Å². The lowest BCUT2D eigenvalue weighted by Gasteiger charge is -2.01. The molecule has 0 saturated carbocycles. The summed E-state index contributed by atoms with van der Waals surface area (Å²) in [4.78, 5) is 6.88. The fourth-order valence-electron chi connectivity index (χ4n) is 0.490. The van der Waals surface area contributed by atoms with Crippen molar-refractivity contribution in [3.05, 3.63) is 12.4 Å². The highest BCUT2D eigenvalue weighted by atomic mass is 19.3. The van der Waals surface area contributed by atoms with E-state index in [9.17, 15) is 8.78 Å². The van der Waals surface area contributed by atoms with Crippen LogP contribution >= 0.6 is 0 Å². The molecular formula is C5H5F2N3O. The summed E-state index contributed by atoms with van der Waals surface area (Å²) in [5, 5.41) is 0. The number of hydrogen-bond donors (Lipinski definition) is 1. The van der Waals surface area contributed by atoms with Crippen LogP contribution in [0.15, 0.2) is 12.4 Å². The molecule has 0 aliphatic rings. The van der Waals surface area contributed by atoms with Crippen LogP contribution < -0.4 is 10.5 Å². The second-order valence-electron chi connectivity index (χ2n) is 1.66. The Kier molecular flexibility index (Phi) is 2.15. The van der Waals surface area contributed by atoms with E-state index < -0.39 is 6.61 Å². The second-order valence-corrected chi connectivity index (χ2v) is 1.66. The van der Waals surface area contributed by atoms with Crippen LogP contribution in [0.25, 0.3) is 0 Å². The monoisotopic (exact) mass is 161 g/mol. The number of nitrogen functional groups attached to an aromatic ring is 1. The van der Waals surface area contributed by atoms with Crippen LogP contribution in [0.1, 0.15) is 0 Å². The fourth-order valence-corrected chi connectivity index (χ4v) is 0.490. The van der Waals surface area contributed by atoms with E-state index in [0.29, 0.717) is 0 Å². The van der Waals surface area contributed by atoms with Crippen molar-refractivity contribution in [2.75, 3.05) is 5.73 Å². The summed E-state index contributed by atoms with van der Waals surface area (Å²) in [5.41, 5.74) is 5.09. The smallest absolute Gasteiger partial charge is 0.387 e. The third-order valence-electron chi connectivity index (χ3n) is 0.873. The van der Waals surface area contributed by atoms with Crippen molar-refractivity contribution in [1.29, 1.82) is 0 Å². The molecule has 0 saturated heterocycles. The van der Waals surface area contributed by atoms with Crippen LogP contribution in [0.3, 0.4) is 0 Å². The van der Waals surface area contributed by atoms with Gasteiger partial charge in [-0.25, -0.2) is 9.97 Å². The van der Waals surface area contributed by atoms with Crippen molar-refractivity contribution >= 4 is 5.95 Å². The molecule has 0 atom stereocenters. The maximum atomic E-state index is 11.5. The Balaban J connectivity index is 2.66. The van der Waals surface area contributed by atoms with Gasteiger partial charge in [0.15, 0.2) is 5.75 Å². The maximum Gasteiger partial charge on any atom is 0.387 e. The molecule has 0 spiro atoms. The molecule has 0 fully saturated rings. The summed E-state index contributed by atoms with van der Waals surface area (Å²) in [6.45, 7) is -2.86. The van der Waals surface area contributed by atoms with Gasteiger partial charge in [-0.1, -0.05) is 0 Å². The summed E-state index contributed by atoms with van der Waals surface area (Å²) >= 11 is 0. The molecule has 11 heavy (non-hydrogen) atoms. The molecule has 0 aromatic carbocycles. The molecule has 2 N–H and O–H groups in total. The SMILES string of the molecule is Nc1ncc(OC(F)F)cn1. The number of hydrogen-bond acceptors (Lipinski definition) is 4. The molecule has 1 heterocycles. The average Bonchev–Trinajstić information content (AvgIpc) is 1.93. The van der Waals surface area contributed by atoms with E-state index in [0.717, 1.165) is 12.4 Å². The highest BCUT2D eigenvalue weighted by Crippen LogP contribution is 2.09. The van der Waals surface area contributed by atoms with Gasteiger partial charge in [0.2, 0.25) is 5.95 Å². The normalized spacial score (nSPS) is 10.1. The Morgan fingerprint density at radius 2 is 1.91 bits per heavy atom. The van der Waals surface area contributed by atoms with Crippen LogP contribution in [0, 0.1) is 0 Å². The molecule has 1 rings (SSSR count). The molecule has 4 nitrogen and oxygen atoms in total. The number of rotatable bonds is 2. The van der Waals surface area contributed by atoms with Crippen molar-refractivity contribution in [1.82, 2.24) is 9.97 Å². The predicted molar refractivity (Wildman–Crippen MR) is 33.1 cm³/mol. The highest BCUT2D eigenvalue weighted by Gasteiger charge is 2.03. The summed E-state index contributed by atoms with van der Waals surface area (Å²) < 4.78 is 27.0. The summed E-state index contributed by atoms with van der Waals surface area (Å²) in [7, 11) is 0. The molecule has 1 aromatic heterocycles. The van der Waals surface area contributed by atoms with Gasteiger partial charge in [0, 0.05) is 0 Å². The Morgan fingerprint density at radius 1 is 1.36 bits per heavy atom. The molecule has 0 radical (unpaired) electrons. The Labute approximate surface area is 61.0 Å². The minimum Gasteiger partial charge on any atom is -0.432 e. The highest BCUT2D eigenvalue weighted by molar-refractivity contribution is 5.20. The molecule has 6 heteroatoms. The summed E-state index contributed by atoms with van der Waals surface area (Å²) in [5.74, 6) is -0.0826. The lowest BCUT2D eigenvalue weighted by atomic mass is 10.6. The van der Waals surface area contributed by atoms with Gasteiger partial charge in [-0.05, 0) is 0 Å². The lowest BCUT2D eigenvalue weighted by molar-refractivity contribution is -0.0503. The van der Waals surface area contributed by atoms with Crippen molar-refractivity contribution in [2.45, 2.75) is 6.61 Å². The van der Waals surface area contributed by atoms with Crippen LogP contribution in [-0.4, -0.2) is 16.6 Å². The minimum absolute atomic E-state index is 0.0200. The van der Waals surface area contributed by atoms with E-state index in [1.807, 2.05) is 0 Å². The van der Waals surface area contributed by atoms with Gasteiger partial charge in [0.25, 0.3) is 0 Å². The van der Waals surface area contributed by atoms with Gasteiger partial charge >= 0.3 is 6.61 Å². The van der Waals surface area contributed by atoms with Crippen molar-refractivity contribution < 1.29 is 13.5 Å². The maximum absolute atomic E-state index is 11.5. The average molecular weight is 161 g/mol. The summed E-state index contributed by atoms with van der Waals surface area (Å²) in [6.07, 6.45) is 2.16. The van der Waals surface area contributed by atoms with Crippen molar-refractivity contribution in [2.24, 2.45) is 0 Å². The van der Waals surface area contributed by atoms with Gasteiger partial charge in [-0.3, -0.25) is 0 Å². The van der Waals surface area contributed by atoms with Crippen molar-refractivity contribution in [3.63, 3.8) is 0 Å². The lowest BCUT2D eigenvalue weighted by Crippen LogP contribution is -2.03. The van der Waals surface area contributed by atoms with E-state index in [-0.39, 0.29) is 11.7 Å². The number of anilines is 1. The topological polar surface area (TPSA) is 61.0 Å². The Hall–Kier alpha value is -1.46. The van der Waals surface area contributed by atoms with E-state index in [4.69, 9.17) is 5.73 Å². The number of aromatic nitrogens is 2. The van der Waals surface area contributed by atoms with Crippen LogP contribution in [0.2, 0.25) is 0 Å². The first-order valence-corrected chi connectivity index (χ1v) is 2.71. The van der Waals surface area contributed by atoms with E-state index in [1.54, 1.807) is 0 Å². The molecule has 0 amide bonds. The van der Waals surface area contributed by atoms with Gasteiger partial charge < -0.3 is 10.5 Å². The number of alkyl halides is 2. The number of ether oxygens (including phenoxy) is 1. The zero-order valence-electron chi connectivity index (χ0n) is 5.37. The molecular weight excluding hydrogens is 156 g/mol. The van der Waals surface area contributed by atoms with Gasteiger partial charge in [0.05, 0.1) is 12.4 Å². The van der Waals surface area contributed by atoms with Crippen LogP contribution in [0.5, 0.6) is 5.75 Å². The molecule has 1 aromatic rings. The van der Waals surface area contributed by atoms with Crippen molar-refractivity contribution in [3.8, 4) is 5.75 Å². The Bertz CT molecular complexity index is 226. The van der Waals surface area contributed by atoms with Gasteiger partial charge in [-0.2, -0.15) is 8.78 Å². The van der Waals surface area contributed by atoms with E-state index >= 15 is 0 Å². The number of nitrogens with zero attached hydrogens (tertiary/aromatic N) is 2.